The van der Waals surface area contributed by atoms with Crippen LogP contribution in [0.25, 0.3) is 0 Å². The van der Waals surface area contributed by atoms with Gasteiger partial charge < -0.3 is 10.5 Å². The smallest absolute Gasteiger partial charge is 0.341 e. The fourth-order valence-corrected chi connectivity index (χ4v) is 1.61. The van der Waals surface area contributed by atoms with Crippen molar-refractivity contribution in [2.24, 2.45) is 0 Å². The Labute approximate surface area is 104 Å². The van der Waals surface area contributed by atoms with Crippen molar-refractivity contribution < 1.29 is 9.53 Å². The van der Waals surface area contributed by atoms with E-state index in [4.69, 9.17) is 33.7 Å². The van der Waals surface area contributed by atoms with Gasteiger partial charge in [0, 0.05) is 0 Å². The van der Waals surface area contributed by atoms with Gasteiger partial charge in [-0.1, -0.05) is 23.2 Å². The van der Waals surface area contributed by atoms with Crippen LogP contribution in [0.15, 0.2) is 12.1 Å². The molecule has 0 aromatic heterocycles. The zero-order valence-corrected chi connectivity index (χ0v) is 10.8. The maximum absolute atomic E-state index is 11.8. The highest BCUT2D eigenvalue weighted by Crippen LogP contribution is 2.31. The first-order valence-electron chi connectivity index (χ1n) is 4.69. The molecule has 0 unspecified atom stereocenters. The topological polar surface area (TPSA) is 52.3 Å². The fourth-order valence-electron chi connectivity index (χ4n) is 1.08. The number of nitrogens with two attached hydrogens (primary N) is 1. The summed E-state index contributed by atoms with van der Waals surface area (Å²) in [5.74, 6) is -0.574. The van der Waals surface area contributed by atoms with E-state index in [1.165, 1.54) is 6.07 Å². The molecule has 0 aliphatic carbocycles. The highest BCUT2D eigenvalue weighted by Gasteiger charge is 2.23. The van der Waals surface area contributed by atoms with E-state index >= 15 is 0 Å². The van der Waals surface area contributed by atoms with Crippen LogP contribution in [0, 0.1) is 0 Å². The van der Waals surface area contributed by atoms with Gasteiger partial charge in [0.25, 0.3) is 0 Å². The van der Waals surface area contributed by atoms with Gasteiger partial charge in [0.15, 0.2) is 0 Å². The first-order chi connectivity index (χ1) is 7.22. The number of rotatable bonds is 1. The molecular formula is C11H13Cl2NO2. The normalized spacial score (nSPS) is 11.3. The molecule has 0 saturated heterocycles. The van der Waals surface area contributed by atoms with Gasteiger partial charge in [-0.3, -0.25) is 0 Å². The number of carbonyl (C=O) groups excluding carboxylic acids is 1. The van der Waals surface area contributed by atoms with E-state index in [-0.39, 0.29) is 15.6 Å². The average Bonchev–Trinajstić information content (AvgIpc) is 2.09. The molecule has 0 radical (unpaired) electrons. The number of hydrogen-bond donors (Lipinski definition) is 1. The minimum Gasteiger partial charge on any atom is -0.456 e. The largest absolute Gasteiger partial charge is 0.456 e. The molecule has 1 rings (SSSR count). The average molecular weight is 262 g/mol. The zero-order chi connectivity index (χ0) is 12.5. The Hall–Kier alpha value is -0.930. The summed E-state index contributed by atoms with van der Waals surface area (Å²) >= 11 is 11.8. The van der Waals surface area contributed by atoms with Gasteiger partial charge in [0.05, 0.1) is 21.3 Å². The summed E-state index contributed by atoms with van der Waals surface area (Å²) in [7, 11) is 0. The van der Waals surface area contributed by atoms with Gasteiger partial charge in [-0.15, -0.1) is 0 Å². The van der Waals surface area contributed by atoms with Gasteiger partial charge in [-0.2, -0.15) is 0 Å². The lowest BCUT2D eigenvalue weighted by atomic mass is 10.1. The second kappa shape index (κ2) is 4.52. The maximum Gasteiger partial charge on any atom is 0.341 e. The fraction of sp³-hybridized carbons (Fsp3) is 0.364. The van der Waals surface area contributed by atoms with Crippen LogP contribution in [-0.4, -0.2) is 11.6 Å². The predicted molar refractivity (Wildman–Crippen MR) is 66.0 cm³/mol. The predicted octanol–water partition coefficient (Wildman–Crippen LogP) is 3.53. The molecule has 0 heterocycles. The summed E-state index contributed by atoms with van der Waals surface area (Å²) in [6.45, 7) is 5.29. The summed E-state index contributed by atoms with van der Waals surface area (Å²) in [6.07, 6.45) is 0. The molecule has 1 aromatic carbocycles. The van der Waals surface area contributed by atoms with Crippen LogP contribution < -0.4 is 5.73 Å². The summed E-state index contributed by atoms with van der Waals surface area (Å²) in [5.41, 5.74) is 5.40. The van der Waals surface area contributed by atoms with Crippen LogP contribution in [0.4, 0.5) is 5.69 Å². The van der Waals surface area contributed by atoms with Crippen LogP contribution in [-0.2, 0) is 4.74 Å². The highest BCUT2D eigenvalue weighted by atomic mass is 35.5. The van der Waals surface area contributed by atoms with E-state index in [0.29, 0.717) is 5.69 Å². The molecule has 5 heteroatoms. The number of hydrogen-bond acceptors (Lipinski definition) is 3. The van der Waals surface area contributed by atoms with E-state index < -0.39 is 11.6 Å². The third-order valence-corrected chi connectivity index (χ3v) is 2.45. The third kappa shape index (κ3) is 3.03. The lowest BCUT2D eigenvalue weighted by Gasteiger charge is -2.20. The molecule has 3 nitrogen and oxygen atoms in total. The third-order valence-electron chi connectivity index (χ3n) is 1.72. The van der Waals surface area contributed by atoms with E-state index in [2.05, 4.69) is 0 Å². The van der Waals surface area contributed by atoms with Crippen molar-refractivity contribution >= 4 is 34.9 Å². The monoisotopic (exact) mass is 261 g/mol. The van der Waals surface area contributed by atoms with Crippen molar-refractivity contribution in [3.8, 4) is 0 Å². The van der Waals surface area contributed by atoms with Gasteiger partial charge in [-0.25, -0.2) is 4.79 Å². The molecule has 88 valence electrons. The molecule has 0 fully saturated rings. The van der Waals surface area contributed by atoms with Gasteiger partial charge in [0.2, 0.25) is 0 Å². The van der Waals surface area contributed by atoms with Gasteiger partial charge >= 0.3 is 5.97 Å². The molecular weight excluding hydrogens is 249 g/mol. The molecule has 2 N–H and O–H groups in total. The van der Waals surface area contributed by atoms with Crippen LogP contribution in [0.5, 0.6) is 0 Å². The Kier molecular flexibility index (Phi) is 3.71. The number of ether oxygens (including phenoxy) is 1. The van der Waals surface area contributed by atoms with E-state index in [0.717, 1.165) is 0 Å². The van der Waals surface area contributed by atoms with Crippen molar-refractivity contribution in [3.63, 3.8) is 0 Å². The first-order valence-corrected chi connectivity index (χ1v) is 5.45. The Balaban J connectivity index is 3.14. The minimum absolute atomic E-state index is 0.109. The minimum atomic E-state index is -0.603. The van der Waals surface area contributed by atoms with E-state index in [9.17, 15) is 4.79 Å². The quantitative estimate of drug-likeness (QED) is 0.622. The highest BCUT2D eigenvalue weighted by molar-refractivity contribution is 6.40. The lowest BCUT2D eigenvalue weighted by molar-refractivity contribution is 0.00700. The standard InChI is InChI=1S/C11H13Cl2NO2/c1-11(2,3)16-10(15)8-6(12)4-5-7(14)9(8)13/h4-5H,14H2,1-3H3. The van der Waals surface area contributed by atoms with Crippen LogP contribution in [0.2, 0.25) is 10.0 Å². The van der Waals surface area contributed by atoms with Crippen molar-refractivity contribution in [2.45, 2.75) is 26.4 Å². The molecule has 0 aliphatic heterocycles. The van der Waals surface area contributed by atoms with Crippen molar-refractivity contribution in [3.05, 3.63) is 27.7 Å². The SMILES string of the molecule is CC(C)(C)OC(=O)c1c(Cl)ccc(N)c1Cl. The number of benzene rings is 1. The Bertz CT molecular complexity index is 425. The Morgan fingerprint density at radius 3 is 2.38 bits per heavy atom. The summed E-state index contributed by atoms with van der Waals surface area (Å²) in [5, 5.41) is 0.357. The van der Waals surface area contributed by atoms with E-state index in [1.807, 2.05) is 0 Å². The number of esters is 1. The molecule has 1 aromatic rings. The Morgan fingerprint density at radius 2 is 1.88 bits per heavy atom. The van der Waals surface area contributed by atoms with Gasteiger partial charge in [0.1, 0.15) is 5.60 Å². The van der Waals surface area contributed by atoms with Crippen molar-refractivity contribution in [2.75, 3.05) is 5.73 Å². The molecule has 0 spiro atoms. The number of carbonyl (C=O) groups is 1. The summed E-state index contributed by atoms with van der Waals surface area (Å²) < 4.78 is 5.18. The maximum atomic E-state index is 11.8. The van der Waals surface area contributed by atoms with Crippen LogP contribution in [0.3, 0.4) is 0 Å². The lowest BCUT2D eigenvalue weighted by Crippen LogP contribution is -2.24. The summed E-state index contributed by atoms with van der Waals surface area (Å²) in [6, 6.07) is 3.06. The van der Waals surface area contributed by atoms with Crippen LogP contribution >= 0.6 is 23.2 Å². The molecule has 0 aliphatic rings. The number of halogens is 2. The number of nitrogen functional groups attached to an aromatic ring is 1. The second-order valence-corrected chi connectivity index (χ2v) is 5.11. The summed E-state index contributed by atoms with van der Waals surface area (Å²) in [4.78, 5) is 11.8. The Morgan fingerprint density at radius 1 is 1.31 bits per heavy atom. The second-order valence-electron chi connectivity index (χ2n) is 4.33. The van der Waals surface area contributed by atoms with E-state index in [1.54, 1.807) is 26.8 Å². The first kappa shape index (κ1) is 13.1. The molecule has 0 atom stereocenters. The molecule has 0 saturated carbocycles. The van der Waals surface area contributed by atoms with Crippen molar-refractivity contribution in [1.29, 1.82) is 0 Å². The molecule has 0 bridgehead atoms. The van der Waals surface area contributed by atoms with Crippen LogP contribution in [0.1, 0.15) is 31.1 Å². The molecule has 0 amide bonds. The zero-order valence-electron chi connectivity index (χ0n) is 9.30. The van der Waals surface area contributed by atoms with Gasteiger partial charge in [-0.05, 0) is 32.9 Å². The van der Waals surface area contributed by atoms with Crippen molar-refractivity contribution in [1.82, 2.24) is 0 Å². The number of anilines is 1. The molecule has 16 heavy (non-hydrogen) atoms.